The highest BCUT2D eigenvalue weighted by atomic mass is 16.5. The van der Waals surface area contributed by atoms with Crippen LogP contribution in [-0.4, -0.2) is 14.9 Å². The SMILES string of the molecule is CC1(C)c2oncc2C[C@]2(C)c3c(c(-c4ccccc4)nn3-c3ccccc3)CC[C@@H]12. The molecule has 0 unspecified atom stereocenters. The molecule has 2 aromatic heterocycles. The lowest BCUT2D eigenvalue weighted by atomic mass is 9.51. The Morgan fingerprint density at radius 3 is 2.42 bits per heavy atom. The molecule has 156 valence electrons. The van der Waals surface area contributed by atoms with E-state index in [9.17, 15) is 0 Å². The molecule has 2 aromatic carbocycles. The number of benzene rings is 2. The molecule has 0 spiro atoms. The highest BCUT2D eigenvalue weighted by molar-refractivity contribution is 5.67. The maximum atomic E-state index is 5.77. The zero-order valence-electron chi connectivity index (χ0n) is 18.3. The van der Waals surface area contributed by atoms with Gasteiger partial charge in [0.1, 0.15) is 5.76 Å². The van der Waals surface area contributed by atoms with E-state index in [-0.39, 0.29) is 10.8 Å². The Hall–Kier alpha value is -3.14. The van der Waals surface area contributed by atoms with Gasteiger partial charge in [0.15, 0.2) is 0 Å². The average molecular weight is 410 g/mol. The van der Waals surface area contributed by atoms with Crippen molar-refractivity contribution in [3.63, 3.8) is 0 Å². The molecule has 0 saturated heterocycles. The summed E-state index contributed by atoms with van der Waals surface area (Å²) in [6.45, 7) is 7.08. The van der Waals surface area contributed by atoms with Crippen molar-refractivity contribution in [2.75, 3.05) is 0 Å². The number of rotatable bonds is 2. The van der Waals surface area contributed by atoms with E-state index < -0.39 is 0 Å². The van der Waals surface area contributed by atoms with Crippen molar-refractivity contribution in [2.45, 2.75) is 50.9 Å². The van der Waals surface area contributed by atoms with Gasteiger partial charge in [-0.05, 0) is 37.3 Å². The number of para-hydroxylation sites is 1. The van der Waals surface area contributed by atoms with Crippen LogP contribution in [0.25, 0.3) is 16.9 Å². The first-order chi connectivity index (χ1) is 15.0. The summed E-state index contributed by atoms with van der Waals surface area (Å²) in [7, 11) is 0. The number of nitrogens with zero attached hydrogens (tertiary/aromatic N) is 3. The third kappa shape index (κ3) is 2.54. The first-order valence-corrected chi connectivity index (χ1v) is 11.2. The van der Waals surface area contributed by atoms with Crippen LogP contribution in [0.2, 0.25) is 0 Å². The van der Waals surface area contributed by atoms with E-state index in [2.05, 4.69) is 91.3 Å². The first kappa shape index (κ1) is 18.6. The van der Waals surface area contributed by atoms with Gasteiger partial charge in [0.2, 0.25) is 0 Å². The second-order valence-corrected chi connectivity index (χ2v) is 9.88. The summed E-state index contributed by atoms with van der Waals surface area (Å²) < 4.78 is 7.99. The Balaban J connectivity index is 1.64. The Labute approximate surface area is 182 Å². The molecule has 0 N–H and O–H groups in total. The van der Waals surface area contributed by atoms with Gasteiger partial charge in [0, 0.05) is 27.5 Å². The topological polar surface area (TPSA) is 43.9 Å². The molecule has 4 heteroatoms. The normalized spacial score (nSPS) is 23.6. The van der Waals surface area contributed by atoms with E-state index in [1.807, 2.05) is 6.20 Å². The summed E-state index contributed by atoms with van der Waals surface area (Å²) in [5.74, 6) is 1.52. The predicted molar refractivity (Wildman–Crippen MR) is 121 cm³/mol. The molecule has 0 radical (unpaired) electrons. The summed E-state index contributed by atoms with van der Waals surface area (Å²) in [4.78, 5) is 0. The number of aromatic nitrogens is 3. The van der Waals surface area contributed by atoms with Crippen molar-refractivity contribution in [3.8, 4) is 16.9 Å². The van der Waals surface area contributed by atoms with Gasteiger partial charge in [-0.2, -0.15) is 5.10 Å². The molecule has 4 aromatic rings. The third-order valence-electron chi connectivity index (χ3n) is 7.68. The second-order valence-electron chi connectivity index (χ2n) is 9.88. The van der Waals surface area contributed by atoms with Crippen LogP contribution in [-0.2, 0) is 23.7 Å². The second kappa shape index (κ2) is 6.43. The molecule has 6 rings (SSSR count). The molecular formula is C27H27N3O. The Morgan fingerprint density at radius 2 is 1.68 bits per heavy atom. The van der Waals surface area contributed by atoms with E-state index >= 15 is 0 Å². The van der Waals surface area contributed by atoms with Crippen LogP contribution in [0, 0.1) is 5.92 Å². The maximum absolute atomic E-state index is 5.77. The molecule has 0 bridgehead atoms. The zero-order chi connectivity index (χ0) is 21.2. The lowest BCUT2D eigenvalue weighted by Crippen LogP contribution is -2.52. The van der Waals surface area contributed by atoms with Crippen molar-refractivity contribution >= 4 is 0 Å². The van der Waals surface area contributed by atoms with Crippen LogP contribution in [0.4, 0.5) is 0 Å². The minimum Gasteiger partial charge on any atom is -0.361 e. The van der Waals surface area contributed by atoms with Crippen LogP contribution in [0.15, 0.2) is 71.4 Å². The van der Waals surface area contributed by atoms with Crippen LogP contribution < -0.4 is 0 Å². The molecule has 0 saturated carbocycles. The first-order valence-electron chi connectivity index (χ1n) is 11.2. The van der Waals surface area contributed by atoms with Crippen molar-refractivity contribution in [1.29, 1.82) is 0 Å². The lowest BCUT2D eigenvalue weighted by Gasteiger charge is -2.52. The third-order valence-corrected chi connectivity index (χ3v) is 7.68. The van der Waals surface area contributed by atoms with Crippen molar-refractivity contribution in [3.05, 3.63) is 89.4 Å². The molecular weight excluding hydrogens is 382 g/mol. The highest BCUT2D eigenvalue weighted by Gasteiger charge is 2.56. The minimum absolute atomic E-state index is 0.0501. The van der Waals surface area contributed by atoms with Gasteiger partial charge in [-0.25, -0.2) is 4.68 Å². The molecule has 4 nitrogen and oxygen atoms in total. The molecule has 0 fully saturated rings. The number of fused-ring (bicyclic) bond motifs is 4. The highest BCUT2D eigenvalue weighted by Crippen LogP contribution is 2.57. The van der Waals surface area contributed by atoms with E-state index in [1.54, 1.807) is 0 Å². The smallest absolute Gasteiger partial charge is 0.145 e. The fraction of sp³-hybridized carbons (Fsp3) is 0.333. The lowest BCUT2D eigenvalue weighted by molar-refractivity contribution is 0.107. The van der Waals surface area contributed by atoms with Crippen LogP contribution >= 0.6 is 0 Å². The molecule has 2 aliphatic rings. The maximum Gasteiger partial charge on any atom is 0.145 e. The number of hydrogen-bond donors (Lipinski definition) is 0. The molecule has 2 atom stereocenters. The Bertz CT molecular complexity index is 1250. The van der Waals surface area contributed by atoms with E-state index in [0.717, 1.165) is 36.4 Å². The van der Waals surface area contributed by atoms with Crippen LogP contribution in [0.1, 0.15) is 49.8 Å². The quantitative estimate of drug-likeness (QED) is 0.415. The van der Waals surface area contributed by atoms with Gasteiger partial charge in [-0.3, -0.25) is 0 Å². The average Bonchev–Trinajstić information content (AvgIpc) is 3.40. The van der Waals surface area contributed by atoms with Gasteiger partial charge in [0.25, 0.3) is 0 Å². The van der Waals surface area contributed by atoms with Crippen molar-refractivity contribution in [1.82, 2.24) is 14.9 Å². The molecule has 0 aliphatic heterocycles. The monoisotopic (exact) mass is 409 g/mol. The van der Waals surface area contributed by atoms with E-state index in [4.69, 9.17) is 9.62 Å². The fourth-order valence-corrected chi connectivity index (χ4v) is 6.47. The Kier molecular flexibility index (Phi) is 3.86. The number of hydrogen-bond acceptors (Lipinski definition) is 3. The molecule has 0 amide bonds. The van der Waals surface area contributed by atoms with E-state index in [1.165, 1.54) is 22.4 Å². The van der Waals surface area contributed by atoms with Gasteiger partial charge >= 0.3 is 0 Å². The van der Waals surface area contributed by atoms with Gasteiger partial charge in [-0.1, -0.05) is 74.5 Å². The van der Waals surface area contributed by atoms with E-state index in [0.29, 0.717) is 5.92 Å². The van der Waals surface area contributed by atoms with Crippen molar-refractivity contribution < 1.29 is 4.52 Å². The largest absolute Gasteiger partial charge is 0.361 e. The molecule has 31 heavy (non-hydrogen) atoms. The molecule has 2 heterocycles. The van der Waals surface area contributed by atoms with Crippen LogP contribution in [0.3, 0.4) is 0 Å². The predicted octanol–water partition coefficient (Wildman–Crippen LogP) is 5.88. The minimum atomic E-state index is -0.0742. The summed E-state index contributed by atoms with van der Waals surface area (Å²) >= 11 is 0. The summed E-state index contributed by atoms with van der Waals surface area (Å²) in [6.07, 6.45) is 5.00. The summed E-state index contributed by atoms with van der Waals surface area (Å²) in [5.41, 5.74) is 7.29. The Morgan fingerprint density at radius 1 is 0.968 bits per heavy atom. The summed E-state index contributed by atoms with van der Waals surface area (Å²) in [6, 6.07) is 21.2. The summed E-state index contributed by atoms with van der Waals surface area (Å²) in [5, 5.41) is 9.42. The van der Waals surface area contributed by atoms with Crippen LogP contribution in [0.5, 0.6) is 0 Å². The van der Waals surface area contributed by atoms with Gasteiger partial charge in [0.05, 0.1) is 23.3 Å². The van der Waals surface area contributed by atoms with Gasteiger partial charge < -0.3 is 4.52 Å². The molecule has 2 aliphatic carbocycles. The zero-order valence-corrected chi connectivity index (χ0v) is 18.3. The standard InChI is InChI=1S/C27H27N3O/c1-26(2)22-15-14-21-23(18-10-6-4-7-11-18)29-30(20-12-8-5-9-13-20)24(21)27(22,3)16-19-17-28-31-25(19)26/h4-13,17,22H,14-16H2,1-3H3/t22-,27-/m0/s1. The van der Waals surface area contributed by atoms with Gasteiger partial charge in [-0.15, -0.1) is 0 Å². The fourth-order valence-electron chi connectivity index (χ4n) is 6.47. The van der Waals surface area contributed by atoms with Crippen molar-refractivity contribution in [2.24, 2.45) is 5.92 Å².